The van der Waals surface area contributed by atoms with Crippen LogP contribution in [0, 0.1) is 5.92 Å². The summed E-state index contributed by atoms with van der Waals surface area (Å²) in [7, 11) is 0. The van der Waals surface area contributed by atoms with E-state index in [0.717, 1.165) is 12.8 Å². The quantitative estimate of drug-likeness (QED) is 0.627. The van der Waals surface area contributed by atoms with Crippen molar-refractivity contribution in [3.05, 3.63) is 0 Å². The van der Waals surface area contributed by atoms with Crippen LogP contribution in [0.2, 0.25) is 0 Å². The fourth-order valence-electron chi connectivity index (χ4n) is 0.535. The van der Waals surface area contributed by atoms with Gasteiger partial charge in [0.2, 0.25) is 6.41 Å². The molecule has 0 aliphatic rings. The molecule has 0 aliphatic carbocycles. The number of ketones is 1. The lowest BCUT2D eigenvalue weighted by Gasteiger charge is -1.98. The van der Waals surface area contributed by atoms with Crippen molar-refractivity contribution in [2.75, 3.05) is 0 Å². The lowest BCUT2D eigenvalue weighted by Crippen LogP contribution is -2.04. The van der Waals surface area contributed by atoms with Crippen molar-refractivity contribution in [1.29, 1.82) is 0 Å². The molecule has 0 saturated heterocycles. The SMILES string of the molecule is CCCC(=O)C(C)C.NC=O. The molecular weight excluding hydrogens is 142 g/mol. The summed E-state index contributed by atoms with van der Waals surface area (Å²) < 4.78 is 0. The molecule has 3 heteroatoms. The Morgan fingerprint density at radius 2 is 1.91 bits per heavy atom. The van der Waals surface area contributed by atoms with E-state index in [0.29, 0.717) is 5.78 Å². The van der Waals surface area contributed by atoms with Gasteiger partial charge in [-0.1, -0.05) is 20.8 Å². The maximum absolute atomic E-state index is 10.7. The molecule has 0 aromatic rings. The van der Waals surface area contributed by atoms with Crippen LogP contribution in [0.1, 0.15) is 33.6 Å². The molecule has 0 aromatic heterocycles. The zero-order valence-corrected chi connectivity index (χ0v) is 7.46. The minimum Gasteiger partial charge on any atom is -0.372 e. The number of nitrogens with two attached hydrogens (primary N) is 1. The molecule has 0 aliphatic heterocycles. The number of carbonyl (C=O) groups is 2. The highest BCUT2D eigenvalue weighted by atomic mass is 16.1. The molecule has 0 rings (SSSR count). The lowest BCUT2D eigenvalue weighted by molar-refractivity contribution is -0.121. The van der Waals surface area contributed by atoms with E-state index in [2.05, 4.69) is 5.73 Å². The standard InChI is InChI=1S/C7H14O.CH3NO/c1-4-5-7(8)6(2)3;2-1-3/h6H,4-5H2,1-3H3;1H,(H2,2,3). The van der Waals surface area contributed by atoms with Gasteiger partial charge in [0.1, 0.15) is 5.78 Å². The van der Waals surface area contributed by atoms with Gasteiger partial charge in [-0.25, -0.2) is 0 Å². The summed E-state index contributed by atoms with van der Waals surface area (Å²) in [6.45, 7) is 5.91. The molecule has 11 heavy (non-hydrogen) atoms. The summed E-state index contributed by atoms with van der Waals surface area (Å²) in [5, 5.41) is 0. The molecular formula is C8H17NO2. The fraction of sp³-hybridized carbons (Fsp3) is 0.750. The van der Waals surface area contributed by atoms with E-state index in [1.165, 1.54) is 0 Å². The van der Waals surface area contributed by atoms with Crippen molar-refractivity contribution in [2.45, 2.75) is 33.6 Å². The van der Waals surface area contributed by atoms with Crippen molar-refractivity contribution < 1.29 is 9.59 Å². The number of hydrogen-bond donors (Lipinski definition) is 1. The Balaban J connectivity index is 0. The summed E-state index contributed by atoms with van der Waals surface area (Å²) in [5.41, 5.74) is 4.17. The molecule has 0 bridgehead atoms. The molecule has 0 radical (unpaired) electrons. The molecule has 0 spiro atoms. The first kappa shape index (κ1) is 12.8. The van der Waals surface area contributed by atoms with Gasteiger partial charge in [-0.2, -0.15) is 0 Å². The van der Waals surface area contributed by atoms with Crippen molar-refractivity contribution in [2.24, 2.45) is 11.7 Å². The highest BCUT2D eigenvalue weighted by Crippen LogP contribution is 1.99. The summed E-state index contributed by atoms with van der Waals surface area (Å²) in [6, 6.07) is 0. The second-order valence-electron chi connectivity index (χ2n) is 2.51. The first-order valence-corrected chi connectivity index (χ1v) is 3.78. The van der Waals surface area contributed by atoms with Crippen LogP contribution in [0.25, 0.3) is 0 Å². The van der Waals surface area contributed by atoms with Crippen molar-refractivity contribution in [3.63, 3.8) is 0 Å². The minimum absolute atomic E-state index is 0.231. The zero-order chi connectivity index (χ0) is 9.28. The topological polar surface area (TPSA) is 60.2 Å². The minimum atomic E-state index is 0.231. The van der Waals surface area contributed by atoms with E-state index in [4.69, 9.17) is 4.79 Å². The van der Waals surface area contributed by atoms with Crippen molar-refractivity contribution in [1.82, 2.24) is 0 Å². The fourth-order valence-corrected chi connectivity index (χ4v) is 0.535. The number of carbonyl (C=O) groups excluding carboxylic acids is 2. The van der Waals surface area contributed by atoms with Gasteiger partial charge in [0.25, 0.3) is 0 Å². The van der Waals surface area contributed by atoms with Gasteiger partial charge in [0.05, 0.1) is 0 Å². The first-order valence-electron chi connectivity index (χ1n) is 3.78. The van der Waals surface area contributed by atoms with E-state index >= 15 is 0 Å². The maximum atomic E-state index is 10.7. The predicted octanol–water partition coefficient (Wildman–Crippen LogP) is 1.11. The van der Waals surface area contributed by atoms with Crippen LogP contribution in [0.15, 0.2) is 0 Å². The average Bonchev–Trinajstić information content (AvgIpc) is 1.90. The molecule has 0 atom stereocenters. The molecule has 0 fully saturated rings. The Labute approximate surface area is 68.0 Å². The van der Waals surface area contributed by atoms with Gasteiger partial charge in [-0.3, -0.25) is 9.59 Å². The Morgan fingerprint density at radius 1 is 1.55 bits per heavy atom. The molecule has 2 N–H and O–H groups in total. The number of Topliss-reactive ketones (excluding diaryl/α,β-unsaturated/α-hetero) is 1. The van der Waals surface area contributed by atoms with Crippen LogP contribution in [0.3, 0.4) is 0 Å². The van der Waals surface area contributed by atoms with Gasteiger partial charge in [-0.05, 0) is 6.42 Å². The average molecular weight is 159 g/mol. The third kappa shape index (κ3) is 12.4. The summed E-state index contributed by atoms with van der Waals surface area (Å²) in [4.78, 5) is 19.3. The molecule has 66 valence electrons. The molecule has 0 aromatic carbocycles. The Kier molecular flexibility index (Phi) is 10.6. The largest absolute Gasteiger partial charge is 0.372 e. The Hall–Kier alpha value is -0.860. The van der Waals surface area contributed by atoms with Crippen LogP contribution < -0.4 is 5.73 Å². The first-order chi connectivity index (χ1) is 5.09. The summed E-state index contributed by atoms with van der Waals surface area (Å²) in [6.07, 6.45) is 1.98. The van der Waals surface area contributed by atoms with E-state index < -0.39 is 0 Å². The molecule has 1 amide bonds. The van der Waals surface area contributed by atoms with Gasteiger partial charge < -0.3 is 5.73 Å². The normalized spacial score (nSPS) is 8.36. The van der Waals surface area contributed by atoms with Gasteiger partial charge >= 0.3 is 0 Å². The monoisotopic (exact) mass is 159 g/mol. The highest BCUT2D eigenvalue weighted by Gasteiger charge is 2.03. The van der Waals surface area contributed by atoms with E-state index in [-0.39, 0.29) is 12.3 Å². The molecule has 0 heterocycles. The highest BCUT2D eigenvalue weighted by molar-refractivity contribution is 5.80. The molecule has 0 saturated carbocycles. The predicted molar refractivity (Wildman–Crippen MR) is 45.0 cm³/mol. The summed E-state index contributed by atoms with van der Waals surface area (Å²) >= 11 is 0. The van der Waals surface area contributed by atoms with Gasteiger partial charge in [0.15, 0.2) is 0 Å². The van der Waals surface area contributed by atoms with Crippen LogP contribution in [0.4, 0.5) is 0 Å². The number of hydrogen-bond acceptors (Lipinski definition) is 2. The summed E-state index contributed by atoms with van der Waals surface area (Å²) in [5.74, 6) is 0.613. The van der Waals surface area contributed by atoms with E-state index in [1.807, 2.05) is 20.8 Å². The molecule has 0 unspecified atom stereocenters. The second kappa shape index (κ2) is 9.14. The van der Waals surface area contributed by atoms with Crippen LogP contribution in [-0.4, -0.2) is 12.2 Å². The third-order valence-corrected chi connectivity index (χ3v) is 1.14. The van der Waals surface area contributed by atoms with E-state index in [9.17, 15) is 4.79 Å². The van der Waals surface area contributed by atoms with E-state index in [1.54, 1.807) is 0 Å². The third-order valence-electron chi connectivity index (χ3n) is 1.14. The maximum Gasteiger partial charge on any atom is 0.204 e. The van der Waals surface area contributed by atoms with Crippen LogP contribution >= 0.6 is 0 Å². The molecule has 3 nitrogen and oxygen atoms in total. The number of primary amides is 1. The van der Waals surface area contributed by atoms with Gasteiger partial charge in [0, 0.05) is 12.3 Å². The smallest absolute Gasteiger partial charge is 0.204 e. The zero-order valence-electron chi connectivity index (χ0n) is 7.46. The van der Waals surface area contributed by atoms with Crippen LogP contribution in [-0.2, 0) is 9.59 Å². The lowest BCUT2D eigenvalue weighted by atomic mass is 10.1. The van der Waals surface area contributed by atoms with Crippen molar-refractivity contribution in [3.8, 4) is 0 Å². The second-order valence-corrected chi connectivity index (χ2v) is 2.51. The Bertz CT molecular complexity index is 111. The van der Waals surface area contributed by atoms with Crippen LogP contribution in [0.5, 0.6) is 0 Å². The van der Waals surface area contributed by atoms with Gasteiger partial charge in [-0.15, -0.1) is 0 Å². The van der Waals surface area contributed by atoms with Crippen molar-refractivity contribution >= 4 is 12.2 Å². The number of rotatable bonds is 3. The Morgan fingerprint density at radius 3 is 2.00 bits per heavy atom. The number of amides is 1.